The first kappa shape index (κ1) is 20.7. The van der Waals surface area contributed by atoms with Gasteiger partial charge >= 0.3 is 0 Å². The van der Waals surface area contributed by atoms with Crippen molar-refractivity contribution in [2.24, 2.45) is 4.99 Å². The number of aliphatic hydroxyl groups excluding tert-OH is 1. The Hall–Kier alpha value is -1.61. The fourth-order valence-electron chi connectivity index (χ4n) is 2.11. The maximum absolute atomic E-state index is 11.8. The number of aliphatic hydroxyl groups is 1. The number of carbonyl (C=O) groups is 1. The standard InChI is InChI=1S/C17H23ClN4O2S2/c1-2-19-17(22-11-12(23)13-6-7-15(18)26-13)21-9-4-8-20-16(24)14-5-3-10-25-14/h3,5-7,10,12,23H,2,4,8-9,11H2,1H3,(H,20,24)(H2,19,21,22). The molecule has 142 valence electrons. The number of nitrogens with zero attached hydrogens (tertiary/aromatic N) is 1. The minimum atomic E-state index is -0.673. The number of guanidine groups is 1. The summed E-state index contributed by atoms with van der Waals surface area (Å²) in [6, 6.07) is 7.24. The van der Waals surface area contributed by atoms with Gasteiger partial charge in [-0.05, 0) is 36.9 Å². The van der Waals surface area contributed by atoms with Crippen LogP contribution in [0.3, 0.4) is 0 Å². The number of halogens is 1. The van der Waals surface area contributed by atoms with E-state index in [1.54, 1.807) is 12.1 Å². The molecule has 1 atom stereocenters. The van der Waals surface area contributed by atoms with E-state index in [0.29, 0.717) is 23.4 Å². The molecule has 0 aliphatic heterocycles. The lowest BCUT2D eigenvalue weighted by Crippen LogP contribution is -2.39. The number of nitrogens with one attached hydrogen (secondary N) is 3. The summed E-state index contributed by atoms with van der Waals surface area (Å²) in [5, 5.41) is 21.3. The van der Waals surface area contributed by atoms with Gasteiger partial charge in [0, 0.05) is 24.5 Å². The molecule has 0 aliphatic rings. The minimum Gasteiger partial charge on any atom is -0.386 e. The van der Waals surface area contributed by atoms with Crippen molar-refractivity contribution in [1.29, 1.82) is 0 Å². The highest BCUT2D eigenvalue weighted by Crippen LogP contribution is 2.26. The fourth-order valence-corrected chi connectivity index (χ4v) is 3.79. The van der Waals surface area contributed by atoms with Crippen molar-refractivity contribution in [2.45, 2.75) is 19.4 Å². The van der Waals surface area contributed by atoms with E-state index < -0.39 is 6.10 Å². The van der Waals surface area contributed by atoms with Crippen LogP contribution in [-0.4, -0.2) is 43.2 Å². The Morgan fingerprint density at radius 2 is 2.08 bits per heavy atom. The normalized spacial score (nSPS) is 12.7. The molecule has 26 heavy (non-hydrogen) atoms. The van der Waals surface area contributed by atoms with Crippen LogP contribution in [0.1, 0.15) is 34.0 Å². The van der Waals surface area contributed by atoms with Crippen LogP contribution in [0.25, 0.3) is 0 Å². The third kappa shape index (κ3) is 6.95. The predicted molar refractivity (Wildman–Crippen MR) is 110 cm³/mol. The lowest BCUT2D eigenvalue weighted by atomic mass is 10.3. The molecule has 4 N–H and O–H groups in total. The molecule has 0 aliphatic carbocycles. The van der Waals surface area contributed by atoms with Gasteiger partial charge in [0.15, 0.2) is 5.96 Å². The molecule has 0 fully saturated rings. The quantitative estimate of drug-likeness (QED) is 0.289. The van der Waals surface area contributed by atoms with Gasteiger partial charge in [-0.3, -0.25) is 9.79 Å². The van der Waals surface area contributed by atoms with Crippen molar-refractivity contribution < 1.29 is 9.90 Å². The highest BCUT2D eigenvalue weighted by Gasteiger charge is 2.10. The highest BCUT2D eigenvalue weighted by molar-refractivity contribution is 7.16. The average molecular weight is 415 g/mol. The molecule has 6 nitrogen and oxygen atoms in total. The van der Waals surface area contributed by atoms with E-state index in [-0.39, 0.29) is 12.5 Å². The molecule has 2 heterocycles. The van der Waals surface area contributed by atoms with E-state index in [9.17, 15) is 9.90 Å². The van der Waals surface area contributed by atoms with E-state index in [2.05, 4.69) is 20.9 Å². The van der Waals surface area contributed by atoms with Crippen LogP contribution in [0.4, 0.5) is 0 Å². The van der Waals surface area contributed by atoms with Crippen LogP contribution in [0.2, 0.25) is 4.34 Å². The second kappa shape index (κ2) is 11.2. The minimum absolute atomic E-state index is 0.0432. The number of hydrogen-bond donors (Lipinski definition) is 4. The van der Waals surface area contributed by atoms with Crippen LogP contribution in [-0.2, 0) is 0 Å². The Balaban J connectivity index is 1.70. The van der Waals surface area contributed by atoms with E-state index in [4.69, 9.17) is 11.6 Å². The largest absolute Gasteiger partial charge is 0.386 e. The van der Waals surface area contributed by atoms with Crippen molar-refractivity contribution in [3.63, 3.8) is 0 Å². The molecule has 2 aromatic rings. The number of hydrogen-bond acceptors (Lipinski definition) is 5. The van der Waals surface area contributed by atoms with Gasteiger partial charge in [-0.1, -0.05) is 17.7 Å². The summed E-state index contributed by atoms with van der Waals surface area (Å²) in [6.07, 6.45) is 0.0954. The maximum Gasteiger partial charge on any atom is 0.261 e. The van der Waals surface area contributed by atoms with Gasteiger partial charge in [0.05, 0.1) is 15.8 Å². The molecule has 9 heteroatoms. The van der Waals surface area contributed by atoms with Crippen molar-refractivity contribution in [3.8, 4) is 0 Å². The number of rotatable bonds is 9. The maximum atomic E-state index is 11.8. The fraction of sp³-hybridized carbons (Fsp3) is 0.412. The third-order valence-corrected chi connectivity index (χ3v) is 5.57. The molecule has 2 rings (SSSR count). The number of thiophene rings is 2. The van der Waals surface area contributed by atoms with Crippen molar-refractivity contribution in [2.75, 3.05) is 26.2 Å². The zero-order valence-corrected chi connectivity index (χ0v) is 16.9. The number of amides is 1. The van der Waals surface area contributed by atoms with Crippen LogP contribution in [0.15, 0.2) is 34.6 Å². The summed E-state index contributed by atoms with van der Waals surface area (Å²) in [4.78, 5) is 17.7. The van der Waals surface area contributed by atoms with Crippen LogP contribution >= 0.6 is 34.3 Å². The Kier molecular flexibility index (Phi) is 8.90. The topological polar surface area (TPSA) is 85.8 Å². The monoisotopic (exact) mass is 414 g/mol. The Morgan fingerprint density at radius 3 is 2.73 bits per heavy atom. The lowest BCUT2D eigenvalue weighted by molar-refractivity contribution is 0.0957. The van der Waals surface area contributed by atoms with Crippen molar-refractivity contribution in [1.82, 2.24) is 16.0 Å². The molecule has 0 spiro atoms. The first-order valence-electron chi connectivity index (χ1n) is 8.37. The molecule has 0 bridgehead atoms. The Labute approximate surface area is 166 Å². The average Bonchev–Trinajstić information content (AvgIpc) is 3.30. The predicted octanol–water partition coefficient (Wildman–Crippen LogP) is 2.87. The smallest absolute Gasteiger partial charge is 0.261 e. The molecule has 1 amide bonds. The first-order chi connectivity index (χ1) is 12.6. The summed E-state index contributed by atoms with van der Waals surface area (Å²) >= 11 is 8.67. The SMILES string of the molecule is CCNC(=NCC(O)c1ccc(Cl)s1)NCCCNC(=O)c1cccs1. The summed E-state index contributed by atoms with van der Waals surface area (Å²) in [7, 11) is 0. The second-order valence-corrected chi connectivity index (χ2v) is 8.09. The lowest BCUT2D eigenvalue weighted by Gasteiger charge is -2.12. The second-order valence-electron chi connectivity index (χ2n) is 5.39. The third-order valence-electron chi connectivity index (χ3n) is 3.37. The molecule has 1 unspecified atom stereocenters. The van der Waals surface area contributed by atoms with Crippen molar-refractivity contribution >= 4 is 46.1 Å². The molecule has 0 radical (unpaired) electrons. The van der Waals surface area contributed by atoms with Crippen LogP contribution < -0.4 is 16.0 Å². The summed E-state index contributed by atoms with van der Waals surface area (Å²) in [5.74, 6) is 0.595. The molecule has 0 saturated heterocycles. The van der Waals surface area contributed by atoms with Gasteiger partial charge in [-0.2, -0.15) is 0 Å². The molecular formula is C17H23ClN4O2S2. The molecule has 2 aromatic heterocycles. The van der Waals surface area contributed by atoms with Crippen LogP contribution in [0.5, 0.6) is 0 Å². The molecule has 0 saturated carbocycles. The molecular weight excluding hydrogens is 392 g/mol. The van der Waals surface area contributed by atoms with Gasteiger partial charge in [0.1, 0.15) is 6.10 Å². The van der Waals surface area contributed by atoms with Crippen molar-refractivity contribution in [3.05, 3.63) is 43.7 Å². The Bertz CT molecular complexity index is 703. The highest BCUT2D eigenvalue weighted by atomic mass is 35.5. The summed E-state index contributed by atoms with van der Waals surface area (Å²) < 4.78 is 0.651. The Morgan fingerprint density at radius 1 is 1.27 bits per heavy atom. The summed E-state index contributed by atoms with van der Waals surface area (Å²) in [5.41, 5.74) is 0. The number of aliphatic imine (C=N–C) groups is 1. The van der Waals surface area contributed by atoms with Crippen LogP contribution in [0, 0.1) is 0 Å². The first-order valence-corrected chi connectivity index (χ1v) is 10.4. The van der Waals surface area contributed by atoms with Gasteiger partial charge in [0.25, 0.3) is 5.91 Å². The van der Waals surface area contributed by atoms with E-state index in [0.717, 1.165) is 22.7 Å². The van der Waals surface area contributed by atoms with E-state index in [1.165, 1.54) is 22.7 Å². The van der Waals surface area contributed by atoms with Gasteiger partial charge in [-0.15, -0.1) is 22.7 Å². The van der Waals surface area contributed by atoms with E-state index in [1.807, 2.05) is 24.4 Å². The molecule has 0 aromatic carbocycles. The zero-order valence-electron chi connectivity index (χ0n) is 14.5. The van der Waals surface area contributed by atoms with E-state index >= 15 is 0 Å². The summed E-state index contributed by atoms with van der Waals surface area (Å²) in [6.45, 7) is 4.20. The van der Waals surface area contributed by atoms with Gasteiger partial charge in [-0.25, -0.2) is 0 Å². The zero-order chi connectivity index (χ0) is 18.8. The van der Waals surface area contributed by atoms with Gasteiger partial charge < -0.3 is 21.1 Å². The number of carbonyl (C=O) groups excluding carboxylic acids is 1. The van der Waals surface area contributed by atoms with Gasteiger partial charge in [0.2, 0.25) is 0 Å².